The summed E-state index contributed by atoms with van der Waals surface area (Å²) in [5, 5.41) is 7.07. The van der Waals surface area contributed by atoms with Gasteiger partial charge in [0.1, 0.15) is 8.07 Å². The van der Waals surface area contributed by atoms with Crippen LogP contribution in [0.2, 0.25) is 13.1 Å². The van der Waals surface area contributed by atoms with Crippen LogP contribution in [-0.2, 0) is 12.1 Å². The maximum Gasteiger partial charge on any atom is 0.113 e. The lowest BCUT2D eigenvalue weighted by atomic mass is 9.77. The Morgan fingerprint density at radius 2 is 1.27 bits per heavy atom. The van der Waals surface area contributed by atoms with Crippen LogP contribution < -0.4 is 25.5 Å². The highest BCUT2D eigenvalue weighted by Crippen LogP contribution is 2.45. The fraction of sp³-hybridized carbons (Fsp3) is 0.308. The van der Waals surface area contributed by atoms with Crippen molar-refractivity contribution in [2.24, 2.45) is 0 Å². The lowest BCUT2D eigenvalue weighted by Crippen LogP contribution is -2.65. The number of hydrogen-bond donors (Lipinski definition) is 1. The van der Waals surface area contributed by atoms with Crippen LogP contribution in [0, 0.1) is 0 Å². The Balaban J connectivity index is 1.89. The summed E-state index contributed by atoms with van der Waals surface area (Å²) in [5.41, 5.74) is 8.00. The molecule has 1 N–H and O–H groups in total. The maximum absolute atomic E-state index is 3.98. The van der Waals surface area contributed by atoms with Crippen LogP contribution in [-0.4, -0.2) is 36.3 Å². The normalized spacial score (nSPS) is 17.3. The lowest BCUT2D eigenvalue weighted by molar-refractivity contribution is 0.521. The zero-order chi connectivity index (χ0) is 21.3. The van der Waals surface area contributed by atoms with E-state index < -0.39 is 8.07 Å². The number of fused-ring (bicyclic) bond motifs is 6. The molecular weight excluding hydrogens is 382 g/mol. The minimum absolute atomic E-state index is 0.264. The van der Waals surface area contributed by atoms with Gasteiger partial charge in [-0.25, -0.2) is 0 Å². The third kappa shape index (κ3) is 2.47. The molecule has 3 aromatic rings. The molecule has 0 aliphatic carbocycles. The van der Waals surface area contributed by atoms with Crippen LogP contribution in [0.1, 0.15) is 22.3 Å². The van der Waals surface area contributed by atoms with Gasteiger partial charge in [0.2, 0.25) is 0 Å². The van der Waals surface area contributed by atoms with Crippen LogP contribution in [0.25, 0.3) is 0 Å². The smallest absolute Gasteiger partial charge is 0.113 e. The van der Waals surface area contributed by atoms with Gasteiger partial charge >= 0.3 is 0 Å². The van der Waals surface area contributed by atoms with Crippen molar-refractivity contribution >= 4 is 29.8 Å². The Kier molecular flexibility index (Phi) is 4.18. The summed E-state index contributed by atoms with van der Waals surface area (Å²) in [6.07, 6.45) is 0. The van der Waals surface area contributed by atoms with Crippen LogP contribution in [0.4, 0.5) is 11.4 Å². The summed E-state index contributed by atoms with van der Waals surface area (Å²) in [7, 11) is 6.65. The highest BCUT2D eigenvalue weighted by molar-refractivity contribution is 7.01. The van der Waals surface area contributed by atoms with Gasteiger partial charge in [0.15, 0.2) is 0 Å². The second kappa shape index (κ2) is 6.47. The van der Waals surface area contributed by atoms with E-state index in [4.69, 9.17) is 0 Å². The Bertz CT molecular complexity index is 1090. The topological polar surface area (TPSA) is 18.5 Å². The second-order valence-electron chi connectivity index (χ2n) is 9.63. The van der Waals surface area contributed by atoms with Gasteiger partial charge in [-0.3, -0.25) is 5.32 Å². The Morgan fingerprint density at radius 1 is 0.733 bits per heavy atom. The molecule has 3 aromatic carbocycles. The maximum atomic E-state index is 3.98. The first-order valence-corrected chi connectivity index (χ1v) is 13.7. The van der Waals surface area contributed by atoms with Crippen molar-refractivity contribution in [1.82, 2.24) is 5.32 Å². The van der Waals surface area contributed by atoms with Gasteiger partial charge in [-0.1, -0.05) is 49.5 Å². The van der Waals surface area contributed by atoms with E-state index in [0.717, 1.165) is 6.54 Å². The largest absolute Gasteiger partial charge is 0.378 e. The standard InChI is InChI=1S/C26H31N3Si/c1-28(2)19-11-13-22-24(15-19)30(5,6)25-16-20(29(3)4)12-14-23(25)26(22)21-10-8-7-9-18(21)17-27-26/h7-16,27H,17H2,1-6H3. The number of nitrogens with one attached hydrogen (secondary N) is 1. The molecule has 4 heteroatoms. The minimum Gasteiger partial charge on any atom is -0.378 e. The van der Waals surface area contributed by atoms with Gasteiger partial charge in [-0.05, 0) is 56.9 Å². The monoisotopic (exact) mass is 413 g/mol. The molecule has 0 fully saturated rings. The summed E-state index contributed by atoms with van der Waals surface area (Å²) >= 11 is 0. The molecule has 2 heterocycles. The molecule has 0 amide bonds. The lowest BCUT2D eigenvalue weighted by Gasteiger charge is -2.46. The SMILES string of the molecule is CN(C)c1ccc2c(c1)[Si](C)(C)c1cc(N(C)C)ccc1C21NCc2ccccc21. The van der Waals surface area contributed by atoms with E-state index in [1.165, 1.54) is 33.6 Å². The average Bonchev–Trinajstić information content (AvgIpc) is 3.12. The fourth-order valence-electron chi connectivity index (χ4n) is 5.44. The highest BCUT2D eigenvalue weighted by Gasteiger charge is 2.51. The zero-order valence-corrected chi connectivity index (χ0v) is 19.9. The molecular formula is C26H31N3Si. The summed E-state index contributed by atoms with van der Waals surface area (Å²) in [5.74, 6) is 0. The first kappa shape index (κ1) is 19.4. The Morgan fingerprint density at radius 3 is 1.80 bits per heavy atom. The molecule has 3 nitrogen and oxygen atoms in total. The van der Waals surface area contributed by atoms with Crippen LogP contribution in [0.3, 0.4) is 0 Å². The van der Waals surface area contributed by atoms with Crippen molar-refractivity contribution < 1.29 is 0 Å². The Hall–Kier alpha value is -2.56. The predicted molar refractivity (Wildman–Crippen MR) is 131 cm³/mol. The van der Waals surface area contributed by atoms with Crippen molar-refractivity contribution in [3.8, 4) is 0 Å². The molecule has 0 saturated carbocycles. The van der Waals surface area contributed by atoms with Crippen molar-refractivity contribution in [3.63, 3.8) is 0 Å². The summed E-state index contributed by atoms with van der Waals surface area (Å²) in [6, 6.07) is 23.2. The van der Waals surface area contributed by atoms with Gasteiger partial charge in [-0.15, -0.1) is 0 Å². The molecule has 0 saturated heterocycles. The third-order valence-electron chi connectivity index (χ3n) is 7.16. The average molecular weight is 414 g/mol. The molecule has 1 spiro atoms. The van der Waals surface area contributed by atoms with E-state index in [0.29, 0.717) is 0 Å². The van der Waals surface area contributed by atoms with Crippen molar-refractivity contribution in [2.75, 3.05) is 38.0 Å². The molecule has 0 bridgehead atoms. The first-order valence-electron chi connectivity index (χ1n) is 10.7. The van der Waals surface area contributed by atoms with E-state index in [1.807, 2.05) is 0 Å². The molecule has 0 atom stereocenters. The number of nitrogens with zero attached hydrogens (tertiary/aromatic N) is 2. The number of hydrogen-bond acceptors (Lipinski definition) is 3. The molecule has 2 aliphatic heterocycles. The minimum atomic E-state index is -1.89. The number of benzene rings is 3. The van der Waals surface area contributed by atoms with Gasteiger partial charge in [0.05, 0.1) is 5.54 Å². The molecule has 0 aromatic heterocycles. The van der Waals surface area contributed by atoms with Crippen molar-refractivity contribution in [1.29, 1.82) is 0 Å². The quantitative estimate of drug-likeness (QED) is 0.650. The third-order valence-corrected chi connectivity index (χ3v) is 10.7. The molecule has 0 radical (unpaired) electrons. The molecule has 30 heavy (non-hydrogen) atoms. The van der Waals surface area contributed by atoms with E-state index in [-0.39, 0.29) is 5.54 Å². The van der Waals surface area contributed by atoms with E-state index in [1.54, 1.807) is 10.4 Å². The van der Waals surface area contributed by atoms with Gasteiger partial charge in [-0.2, -0.15) is 0 Å². The van der Waals surface area contributed by atoms with Gasteiger partial charge in [0, 0.05) is 46.1 Å². The summed E-state index contributed by atoms with van der Waals surface area (Å²) < 4.78 is 0. The molecule has 5 rings (SSSR count). The van der Waals surface area contributed by atoms with Gasteiger partial charge in [0.25, 0.3) is 0 Å². The predicted octanol–water partition coefficient (Wildman–Crippen LogP) is 3.35. The van der Waals surface area contributed by atoms with E-state index in [2.05, 4.69) is 117 Å². The molecule has 154 valence electrons. The summed E-state index contributed by atoms with van der Waals surface area (Å²) in [6.45, 7) is 5.93. The molecule has 2 aliphatic rings. The van der Waals surface area contributed by atoms with Crippen LogP contribution in [0.15, 0.2) is 60.7 Å². The van der Waals surface area contributed by atoms with Crippen molar-refractivity contribution in [3.05, 3.63) is 82.9 Å². The fourth-order valence-corrected chi connectivity index (χ4v) is 8.64. The Labute approximate surface area is 181 Å². The number of anilines is 2. The first-order chi connectivity index (χ1) is 14.3. The zero-order valence-electron chi connectivity index (χ0n) is 18.9. The van der Waals surface area contributed by atoms with Crippen LogP contribution >= 0.6 is 0 Å². The number of rotatable bonds is 2. The van der Waals surface area contributed by atoms with E-state index in [9.17, 15) is 0 Å². The van der Waals surface area contributed by atoms with E-state index >= 15 is 0 Å². The van der Waals surface area contributed by atoms with Gasteiger partial charge < -0.3 is 9.80 Å². The second-order valence-corrected chi connectivity index (χ2v) is 14.0. The van der Waals surface area contributed by atoms with Crippen LogP contribution in [0.5, 0.6) is 0 Å². The highest BCUT2D eigenvalue weighted by atomic mass is 28.3. The summed E-state index contributed by atoms with van der Waals surface area (Å²) in [4.78, 5) is 4.44. The molecule has 0 unspecified atom stereocenters. The van der Waals surface area contributed by atoms with Crippen molar-refractivity contribution in [2.45, 2.75) is 25.2 Å².